The molecule has 1 rings (SSSR count). The fraction of sp³-hybridized carbons (Fsp3) is 0.778. The Hall–Kier alpha value is -0.530. The highest BCUT2D eigenvalue weighted by Gasteiger charge is 2.32. The lowest BCUT2D eigenvalue weighted by atomic mass is 10.2. The highest BCUT2D eigenvalue weighted by Crippen LogP contribution is 2.18. The maximum Gasteiger partial charge on any atom is 0.214 e. The van der Waals surface area contributed by atoms with Crippen molar-refractivity contribution in [2.75, 3.05) is 18.8 Å². The van der Waals surface area contributed by atoms with Crippen molar-refractivity contribution in [1.82, 2.24) is 4.31 Å². The van der Waals surface area contributed by atoms with Gasteiger partial charge in [-0.05, 0) is 12.8 Å². The van der Waals surface area contributed by atoms with Crippen molar-refractivity contribution in [3.63, 3.8) is 0 Å². The van der Waals surface area contributed by atoms with Gasteiger partial charge in [-0.25, -0.2) is 12.7 Å². The molecule has 0 saturated carbocycles. The van der Waals surface area contributed by atoms with E-state index in [2.05, 4.69) is 11.8 Å². The van der Waals surface area contributed by atoms with Crippen LogP contribution in [0.25, 0.3) is 0 Å². The minimum atomic E-state index is -2.95. The number of nitrogens with zero attached hydrogens (tertiary/aromatic N) is 1. The molecule has 1 unspecified atom stereocenters. The molecule has 0 radical (unpaired) electrons. The highest BCUT2D eigenvalue weighted by atomic mass is 32.2. The molecule has 0 bridgehead atoms. The van der Waals surface area contributed by atoms with Gasteiger partial charge < -0.3 is 0 Å². The van der Waals surface area contributed by atoms with Crippen molar-refractivity contribution >= 4 is 10.0 Å². The van der Waals surface area contributed by atoms with Gasteiger partial charge in [0.1, 0.15) is 0 Å². The Balaban J connectivity index is 2.54. The molecule has 13 heavy (non-hydrogen) atoms. The largest absolute Gasteiger partial charge is 0.214 e. The normalized spacial score (nSPS) is 26.8. The van der Waals surface area contributed by atoms with Crippen LogP contribution in [0.4, 0.5) is 0 Å². The maximum absolute atomic E-state index is 11.4. The quantitative estimate of drug-likeness (QED) is 0.616. The van der Waals surface area contributed by atoms with Gasteiger partial charge in [-0.2, -0.15) is 0 Å². The Morgan fingerprint density at radius 3 is 2.69 bits per heavy atom. The summed E-state index contributed by atoms with van der Waals surface area (Å²) in [6, 6.07) is 0. The minimum Gasteiger partial charge on any atom is -0.212 e. The van der Waals surface area contributed by atoms with E-state index in [0.717, 1.165) is 0 Å². The summed E-state index contributed by atoms with van der Waals surface area (Å²) < 4.78 is 24.4. The van der Waals surface area contributed by atoms with Crippen molar-refractivity contribution in [3.05, 3.63) is 0 Å². The lowest BCUT2D eigenvalue weighted by Crippen LogP contribution is -2.26. The molecule has 0 aromatic carbocycles. The molecule has 0 aliphatic carbocycles. The molecule has 0 spiro atoms. The summed E-state index contributed by atoms with van der Waals surface area (Å²) in [5.74, 6) is 6.19. The minimum absolute atomic E-state index is 0.264. The zero-order valence-corrected chi connectivity index (χ0v) is 8.89. The first-order valence-electron chi connectivity index (χ1n) is 4.43. The van der Waals surface area contributed by atoms with Gasteiger partial charge in [0, 0.05) is 19.5 Å². The molecular formula is C9H15NO2S. The summed E-state index contributed by atoms with van der Waals surface area (Å²) in [4.78, 5) is 0. The van der Waals surface area contributed by atoms with Gasteiger partial charge in [0.2, 0.25) is 10.0 Å². The topological polar surface area (TPSA) is 37.4 Å². The zero-order chi connectivity index (χ0) is 9.90. The van der Waals surface area contributed by atoms with E-state index in [9.17, 15) is 8.42 Å². The van der Waals surface area contributed by atoms with Gasteiger partial charge in [-0.15, -0.1) is 11.8 Å². The summed E-state index contributed by atoms with van der Waals surface area (Å²) in [5, 5.41) is 0. The molecular weight excluding hydrogens is 186 g/mol. The summed E-state index contributed by atoms with van der Waals surface area (Å²) in [5.41, 5.74) is 0. The number of rotatable bonds is 2. The van der Waals surface area contributed by atoms with Crippen LogP contribution in [-0.4, -0.2) is 31.6 Å². The highest BCUT2D eigenvalue weighted by molar-refractivity contribution is 7.89. The van der Waals surface area contributed by atoms with E-state index in [1.165, 1.54) is 0 Å². The first kappa shape index (κ1) is 10.6. The first-order valence-corrected chi connectivity index (χ1v) is 6.04. The predicted octanol–water partition coefficient (Wildman–Crippen LogP) is 0.681. The van der Waals surface area contributed by atoms with E-state index in [-0.39, 0.29) is 5.92 Å². The van der Waals surface area contributed by atoms with E-state index in [0.29, 0.717) is 25.3 Å². The summed E-state index contributed by atoms with van der Waals surface area (Å²) in [7, 11) is -2.95. The Morgan fingerprint density at radius 1 is 1.54 bits per heavy atom. The van der Waals surface area contributed by atoms with E-state index < -0.39 is 10.0 Å². The Kier molecular flexibility index (Phi) is 3.34. The monoisotopic (exact) mass is 201 g/mol. The van der Waals surface area contributed by atoms with E-state index in [1.807, 2.05) is 6.92 Å². The van der Waals surface area contributed by atoms with Gasteiger partial charge in [-0.1, -0.05) is 6.92 Å². The molecule has 1 heterocycles. The molecule has 0 aromatic heterocycles. The standard InChI is InChI=1S/C9H15NO2S/c1-3-4-5-6-10-7-9(2)8-13(10,11)12/h9H,5-8H2,1-2H3. The van der Waals surface area contributed by atoms with E-state index in [1.54, 1.807) is 11.2 Å². The van der Waals surface area contributed by atoms with Crippen molar-refractivity contribution in [1.29, 1.82) is 0 Å². The summed E-state index contributed by atoms with van der Waals surface area (Å²) in [6.07, 6.45) is 0.641. The Bertz CT molecular complexity index is 323. The molecule has 74 valence electrons. The molecule has 1 atom stereocenters. The van der Waals surface area contributed by atoms with Gasteiger partial charge in [0.05, 0.1) is 5.75 Å². The predicted molar refractivity (Wildman–Crippen MR) is 52.6 cm³/mol. The molecule has 1 aliphatic heterocycles. The molecule has 1 fully saturated rings. The van der Waals surface area contributed by atoms with Crippen molar-refractivity contribution < 1.29 is 8.42 Å². The van der Waals surface area contributed by atoms with Crippen LogP contribution < -0.4 is 0 Å². The van der Waals surface area contributed by atoms with Crippen LogP contribution in [0.2, 0.25) is 0 Å². The molecule has 0 N–H and O–H groups in total. The zero-order valence-electron chi connectivity index (χ0n) is 8.08. The maximum atomic E-state index is 11.4. The molecule has 0 amide bonds. The van der Waals surface area contributed by atoms with Crippen LogP contribution in [0.15, 0.2) is 0 Å². The van der Waals surface area contributed by atoms with E-state index in [4.69, 9.17) is 0 Å². The molecule has 1 saturated heterocycles. The number of sulfonamides is 1. The third-order valence-corrected chi connectivity index (χ3v) is 4.18. The summed E-state index contributed by atoms with van der Waals surface area (Å²) in [6.45, 7) is 4.94. The second-order valence-corrected chi connectivity index (χ2v) is 5.43. The third-order valence-electron chi connectivity index (χ3n) is 2.07. The fourth-order valence-electron chi connectivity index (χ4n) is 1.51. The van der Waals surface area contributed by atoms with Crippen molar-refractivity contribution in [2.45, 2.75) is 20.3 Å². The lowest BCUT2D eigenvalue weighted by molar-refractivity contribution is 0.421. The van der Waals surface area contributed by atoms with Crippen LogP contribution >= 0.6 is 0 Å². The molecule has 1 aliphatic rings. The Morgan fingerprint density at radius 2 is 2.23 bits per heavy atom. The van der Waals surface area contributed by atoms with Crippen LogP contribution in [-0.2, 0) is 10.0 Å². The molecule has 0 aromatic rings. The average molecular weight is 201 g/mol. The van der Waals surface area contributed by atoms with E-state index >= 15 is 0 Å². The average Bonchev–Trinajstić information content (AvgIpc) is 2.25. The number of hydrogen-bond donors (Lipinski definition) is 0. The smallest absolute Gasteiger partial charge is 0.212 e. The first-order chi connectivity index (χ1) is 6.06. The van der Waals surface area contributed by atoms with Gasteiger partial charge in [0.15, 0.2) is 0 Å². The van der Waals surface area contributed by atoms with Gasteiger partial charge in [0.25, 0.3) is 0 Å². The number of hydrogen-bond acceptors (Lipinski definition) is 2. The third kappa shape index (κ3) is 2.71. The SMILES string of the molecule is CC#CCCN1CC(C)CS1(=O)=O. The van der Waals surface area contributed by atoms with Crippen LogP contribution in [0.1, 0.15) is 20.3 Å². The van der Waals surface area contributed by atoms with Crippen LogP contribution in [0.3, 0.4) is 0 Å². The fourth-order valence-corrected chi connectivity index (χ4v) is 3.40. The lowest BCUT2D eigenvalue weighted by Gasteiger charge is -2.11. The Labute approximate surface area is 80.2 Å². The van der Waals surface area contributed by atoms with Crippen LogP contribution in [0, 0.1) is 17.8 Å². The van der Waals surface area contributed by atoms with Crippen molar-refractivity contribution in [2.24, 2.45) is 5.92 Å². The van der Waals surface area contributed by atoms with Crippen LogP contribution in [0.5, 0.6) is 0 Å². The second-order valence-electron chi connectivity index (χ2n) is 3.42. The summed E-state index contributed by atoms with van der Waals surface area (Å²) >= 11 is 0. The van der Waals surface area contributed by atoms with Crippen molar-refractivity contribution in [3.8, 4) is 11.8 Å². The second kappa shape index (κ2) is 4.12. The van der Waals surface area contributed by atoms with Gasteiger partial charge in [-0.3, -0.25) is 0 Å². The van der Waals surface area contributed by atoms with Gasteiger partial charge >= 0.3 is 0 Å². The molecule has 4 heteroatoms. The molecule has 3 nitrogen and oxygen atoms in total.